The Bertz CT molecular complexity index is 394. The van der Waals surface area contributed by atoms with Crippen LogP contribution in [0, 0.1) is 3.57 Å². The SMILES string of the molecule is COc1cc(OC)c(OC)c(CC(C)N)c1I. The van der Waals surface area contributed by atoms with Crippen LogP contribution in [-0.2, 0) is 6.42 Å². The summed E-state index contributed by atoms with van der Waals surface area (Å²) >= 11 is 2.24. The topological polar surface area (TPSA) is 53.7 Å². The molecule has 17 heavy (non-hydrogen) atoms. The first-order valence-electron chi connectivity index (χ1n) is 5.28. The molecule has 0 spiro atoms. The smallest absolute Gasteiger partial charge is 0.165 e. The third-order valence-electron chi connectivity index (χ3n) is 2.41. The van der Waals surface area contributed by atoms with Gasteiger partial charge in [-0.3, -0.25) is 0 Å². The summed E-state index contributed by atoms with van der Waals surface area (Å²) in [6, 6.07) is 1.87. The van der Waals surface area contributed by atoms with Crippen molar-refractivity contribution in [1.82, 2.24) is 0 Å². The average molecular weight is 351 g/mol. The number of hydrogen-bond donors (Lipinski definition) is 1. The van der Waals surface area contributed by atoms with Gasteiger partial charge in [-0.2, -0.15) is 0 Å². The Morgan fingerprint density at radius 1 is 1.18 bits per heavy atom. The molecule has 0 amide bonds. The summed E-state index contributed by atoms with van der Waals surface area (Å²) in [5.41, 5.74) is 6.89. The molecule has 0 aromatic heterocycles. The molecule has 0 heterocycles. The molecule has 1 unspecified atom stereocenters. The van der Waals surface area contributed by atoms with Crippen LogP contribution in [0.15, 0.2) is 6.07 Å². The van der Waals surface area contributed by atoms with Crippen LogP contribution >= 0.6 is 22.6 Å². The van der Waals surface area contributed by atoms with Gasteiger partial charge in [-0.1, -0.05) is 0 Å². The molecule has 1 aromatic carbocycles. The summed E-state index contributed by atoms with van der Waals surface area (Å²) in [6.45, 7) is 1.96. The minimum absolute atomic E-state index is 0.0502. The third kappa shape index (κ3) is 3.16. The standard InChI is InChI=1S/C12H18INO3/c1-7(14)5-8-11(13)9(15-2)6-10(16-3)12(8)17-4/h6-7H,5,14H2,1-4H3. The normalized spacial score (nSPS) is 12.1. The second-order valence-corrected chi connectivity index (χ2v) is 4.87. The monoisotopic (exact) mass is 351 g/mol. The number of benzene rings is 1. The highest BCUT2D eigenvalue weighted by atomic mass is 127. The van der Waals surface area contributed by atoms with Crippen LogP contribution in [-0.4, -0.2) is 27.4 Å². The quantitative estimate of drug-likeness (QED) is 0.827. The summed E-state index contributed by atoms with van der Waals surface area (Å²) in [5.74, 6) is 2.18. The molecule has 2 N–H and O–H groups in total. The fourth-order valence-corrected chi connectivity index (χ4v) is 2.51. The van der Waals surface area contributed by atoms with Gasteiger partial charge in [0.1, 0.15) is 5.75 Å². The predicted molar refractivity (Wildman–Crippen MR) is 76.2 cm³/mol. The lowest BCUT2D eigenvalue weighted by Crippen LogP contribution is -2.19. The van der Waals surface area contributed by atoms with Crippen molar-refractivity contribution in [2.75, 3.05) is 21.3 Å². The van der Waals surface area contributed by atoms with Crippen LogP contribution in [0.2, 0.25) is 0 Å². The van der Waals surface area contributed by atoms with Gasteiger partial charge in [-0.15, -0.1) is 0 Å². The fraction of sp³-hybridized carbons (Fsp3) is 0.500. The summed E-state index contributed by atoms with van der Waals surface area (Å²) < 4.78 is 17.1. The maximum absolute atomic E-state index is 5.86. The lowest BCUT2D eigenvalue weighted by molar-refractivity contribution is 0.343. The van der Waals surface area contributed by atoms with E-state index in [-0.39, 0.29) is 6.04 Å². The van der Waals surface area contributed by atoms with Gasteiger partial charge >= 0.3 is 0 Å². The minimum atomic E-state index is 0.0502. The molecule has 0 aliphatic carbocycles. The Balaban J connectivity index is 3.38. The second-order valence-electron chi connectivity index (χ2n) is 3.79. The third-order valence-corrected chi connectivity index (χ3v) is 3.59. The molecule has 1 atom stereocenters. The molecule has 0 fully saturated rings. The van der Waals surface area contributed by atoms with Gasteiger partial charge in [0.15, 0.2) is 11.5 Å². The van der Waals surface area contributed by atoms with Crippen molar-refractivity contribution in [3.8, 4) is 17.2 Å². The molecule has 0 saturated carbocycles. The van der Waals surface area contributed by atoms with Gasteiger partial charge in [0.05, 0.1) is 24.9 Å². The molecule has 0 radical (unpaired) electrons. The van der Waals surface area contributed by atoms with Crippen molar-refractivity contribution < 1.29 is 14.2 Å². The van der Waals surface area contributed by atoms with E-state index < -0.39 is 0 Å². The molecule has 0 saturated heterocycles. The number of nitrogens with two attached hydrogens (primary N) is 1. The van der Waals surface area contributed by atoms with E-state index in [1.54, 1.807) is 21.3 Å². The Morgan fingerprint density at radius 3 is 2.18 bits per heavy atom. The van der Waals surface area contributed by atoms with Crippen LogP contribution in [0.1, 0.15) is 12.5 Å². The first-order chi connectivity index (χ1) is 8.04. The van der Waals surface area contributed by atoms with Crippen LogP contribution in [0.4, 0.5) is 0 Å². The molecular formula is C12H18INO3. The van der Waals surface area contributed by atoms with E-state index in [2.05, 4.69) is 22.6 Å². The van der Waals surface area contributed by atoms with E-state index in [0.29, 0.717) is 5.75 Å². The number of rotatable bonds is 5. The van der Waals surface area contributed by atoms with E-state index in [0.717, 1.165) is 27.1 Å². The molecule has 4 nitrogen and oxygen atoms in total. The largest absolute Gasteiger partial charge is 0.495 e. The highest BCUT2D eigenvalue weighted by Crippen LogP contribution is 2.40. The van der Waals surface area contributed by atoms with Crippen molar-refractivity contribution >= 4 is 22.6 Å². The predicted octanol–water partition coefficient (Wildman–Crippen LogP) is 2.21. The minimum Gasteiger partial charge on any atom is -0.495 e. The lowest BCUT2D eigenvalue weighted by atomic mass is 10.1. The molecular weight excluding hydrogens is 333 g/mol. The Kier molecular flexibility index (Phi) is 5.32. The number of hydrogen-bond acceptors (Lipinski definition) is 4. The van der Waals surface area contributed by atoms with Gasteiger partial charge in [0.2, 0.25) is 0 Å². The number of halogens is 1. The highest BCUT2D eigenvalue weighted by Gasteiger charge is 2.19. The van der Waals surface area contributed by atoms with Gasteiger partial charge < -0.3 is 19.9 Å². The fourth-order valence-electron chi connectivity index (χ4n) is 1.67. The van der Waals surface area contributed by atoms with Crippen LogP contribution in [0.3, 0.4) is 0 Å². The van der Waals surface area contributed by atoms with Crippen LogP contribution in [0.25, 0.3) is 0 Å². The van der Waals surface area contributed by atoms with E-state index in [9.17, 15) is 0 Å². The Labute approximate surface area is 116 Å². The van der Waals surface area contributed by atoms with E-state index in [1.165, 1.54) is 0 Å². The maximum atomic E-state index is 5.86. The summed E-state index contributed by atoms with van der Waals surface area (Å²) in [4.78, 5) is 0. The highest BCUT2D eigenvalue weighted by molar-refractivity contribution is 14.1. The molecule has 5 heteroatoms. The van der Waals surface area contributed by atoms with Gasteiger partial charge in [0.25, 0.3) is 0 Å². The van der Waals surface area contributed by atoms with E-state index >= 15 is 0 Å². The lowest BCUT2D eigenvalue weighted by Gasteiger charge is -2.18. The first-order valence-corrected chi connectivity index (χ1v) is 6.35. The number of ether oxygens (including phenoxy) is 3. The van der Waals surface area contributed by atoms with Crippen molar-refractivity contribution in [1.29, 1.82) is 0 Å². The van der Waals surface area contributed by atoms with E-state index in [4.69, 9.17) is 19.9 Å². The van der Waals surface area contributed by atoms with Gasteiger partial charge in [0, 0.05) is 17.7 Å². The zero-order chi connectivity index (χ0) is 13.0. The summed E-state index contributed by atoms with van der Waals surface area (Å²) in [7, 11) is 4.88. The number of methoxy groups -OCH3 is 3. The van der Waals surface area contributed by atoms with Crippen molar-refractivity contribution in [3.05, 3.63) is 15.2 Å². The summed E-state index contributed by atoms with van der Waals surface area (Å²) in [5, 5.41) is 0. The Hall–Kier alpha value is -0.690. The van der Waals surface area contributed by atoms with Crippen LogP contribution in [0.5, 0.6) is 17.2 Å². The molecule has 0 aliphatic heterocycles. The first kappa shape index (κ1) is 14.4. The molecule has 0 aliphatic rings. The Morgan fingerprint density at radius 2 is 1.76 bits per heavy atom. The van der Waals surface area contributed by atoms with Gasteiger partial charge in [-0.25, -0.2) is 0 Å². The molecule has 96 valence electrons. The van der Waals surface area contributed by atoms with Gasteiger partial charge in [-0.05, 0) is 35.9 Å². The van der Waals surface area contributed by atoms with Crippen LogP contribution < -0.4 is 19.9 Å². The van der Waals surface area contributed by atoms with E-state index in [1.807, 2.05) is 13.0 Å². The molecule has 1 rings (SSSR count). The van der Waals surface area contributed by atoms with Crippen molar-refractivity contribution in [2.45, 2.75) is 19.4 Å². The molecule has 1 aromatic rings. The van der Waals surface area contributed by atoms with Crippen molar-refractivity contribution in [2.24, 2.45) is 5.73 Å². The second kappa shape index (κ2) is 6.30. The summed E-state index contributed by atoms with van der Waals surface area (Å²) in [6.07, 6.45) is 0.717. The molecule has 0 bridgehead atoms. The average Bonchev–Trinajstić information content (AvgIpc) is 2.30. The van der Waals surface area contributed by atoms with Crippen molar-refractivity contribution in [3.63, 3.8) is 0 Å². The maximum Gasteiger partial charge on any atom is 0.165 e. The zero-order valence-corrected chi connectivity index (χ0v) is 12.7. The zero-order valence-electron chi connectivity index (χ0n) is 10.5.